The average Bonchev–Trinajstić information content (AvgIpc) is 2.44. The predicted molar refractivity (Wildman–Crippen MR) is 78.1 cm³/mol. The summed E-state index contributed by atoms with van der Waals surface area (Å²) in [5.41, 5.74) is 6.66. The van der Waals surface area contributed by atoms with Gasteiger partial charge in [-0.15, -0.1) is 0 Å². The first kappa shape index (κ1) is 14.4. The molecule has 0 aliphatic rings. The first-order chi connectivity index (χ1) is 9.69. The molecule has 0 aromatic heterocycles. The van der Waals surface area contributed by atoms with E-state index < -0.39 is 5.82 Å². The van der Waals surface area contributed by atoms with Crippen molar-refractivity contribution in [3.8, 4) is 17.6 Å². The van der Waals surface area contributed by atoms with Crippen molar-refractivity contribution in [3.05, 3.63) is 64.4 Å². The van der Waals surface area contributed by atoms with E-state index >= 15 is 0 Å². The summed E-state index contributed by atoms with van der Waals surface area (Å²) >= 11 is 6.03. The zero-order valence-corrected chi connectivity index (χ0v) is 11.5. The summed E-state index contributed by atoms with van der Waals surface area (Å²) in [5, 5.41) is 0.618. The van der Waals surface area contributed by atoms with Crippen LogP contribution in [0.5, 0.6) is 5.75 Å². The van der Waals surface area contributed by atoms with Gasteiger partial charge in [0.1, 0.15) is 18.2 Å². The van der Waals surface area contributed by atoms with Crippen molar-refractivity contribution in [2.75, 3.05) is 6.54 Å². The van der Waals surface area contributed by atoms with Crippen LogP contribution >= 0.6 is 11.6 Å². The molecular formula is C16H13ClFNO. The zero-order chi connectivity index (χ0) is 14.4. The minimum absolute atomic E-state index is 0.228. The molecule has 0 amide bonds. The Balaban J connectivity index is 2.13. The Labute approximate surface area is 122 Å². The van der Waals surface area contributed by atoms with Gasteiger partial charge in [-0.25, -0.2) is 4.39 Å². The fourth-order valence-corrected chi connectivity index (χ4v) is 1.84. The molecule has 2 aromatic rings. The summed E-state index contributed by atoms with van der Waals surface area (Å²) in [6.07, 6.45) is 0. The molecule has 2 nitrogen and oxygen atoms in total. The van der Waals surface area contributed by atoms with Crippen molar-refractivity contribution in [2.24, 2.45) is 5.73 Å². The third kappa shape index (κ3) is 3.99. The lowest BCUT2D eigenvalue weighted by molar-refractivity contribution is 0.304. The number of hydrogen-bond acceptors (Lipinski definition) is 2. The summed E-state index contributed by atoms with van der Waals surface area (Å²) in [7, 11) is 0. The normalized spacial score (nSPS) is 9.75. The minimum atomic E-state index is -0.400. The van der Waals surface area contributed by atoms with Gasteiger partial charge in [0.2, 0.25) is 0 Å². The first-order valence-corrected chi connectivity index (χ1v) is 6.42. The van der Waals surface area contributed by atoms with Crippen LogP contribution < -0.4 is 10.5 Å². The second kappa shape index (κ2) is 6.95. The van der Waals surface area contributed by atoms with Gasteiger partial charge < -0.3 is 10.5 Å². The van der Waals surface area contributed by atoms with Crippen LogP contribution in [0.25, 0.3) is 0 Å². The lowest BCUT2D eigenvalue weighted by Crippen LogP contribution is -1.97. The average molecular weight is 290 g/mol. The molecule has 0 unspecified atom stereocenters. The molecular weight excluding hydrogens is 277 g/mol. The van der Waals surface area contributed by atoms with E-state index in [1.807, 2.05) is 18.2 Å². The van der Waals surface area contributed by atoms with Crippen molar-refractivity contribution < 1.29 is 9.13 Å². The highest BCUT2D eigenvalue weighted by atomic mass is 35.5. The second-order valence-corrected chi connectivity index (χ2v) is 4.47. The van der Waals surface area contributed by atoms with E-state index in [1.54, 1.807) is 12.1 Å². The molecule has 20 heavy (non-hydrogen) atoms. The van der Waals surface area contributed by atoms with Crippen LogP contribution in [0, 0.1) is 17.7 Å². The summed E-state index contributed by atoms with van der Waals surface area (Å²) in [5.74, 6) is 5.46. The lowest BCUT2D eigenvalue weighted by atomic mass is 10.2. The third-order valence-corrected chi connectivity index (χ3v) is 2.93. The van der Waals surface area contributed by atoms with Crippen LogP contribution in [0.2, 0.25) is 5.02 Å². The lowest BCUT2D eigenvalue weighted by Gasteiger charge is -2.08. The molecule has 0 fully saturated rings. The highest BCUT2D eigenvalue weighted by Crippen LogP contribution is 2.20. The molecule has 102 valence electrons. The largest absolute Gasteiger partial charge is 0.489 e. The maximum atomic E-state index is 13.5. The molecule has 0 aliphatic heterocycles. The van der Waals surface area contributed by atoms with Crippen LogP contribution in [0.15, 0.2) is 42.5 Å². The molecule has 2 aromatic carbocycles. The molecule has 0 aliphatic carbocycles. The van der Waals surface area contributed by atoms with Gasteiger partial charge in [-0.05, 0) is 18.2 Å². The quantitative estimate of drug-likeness (QED) is 0.879. The molecule has 0 atom stereocenters. The Kier molecular flexibility index (Phi) is 5.00. The highest BCUT2D eigenvalue weighted by molar-refractivity contribution is 6.31. The molecule has 0 saturated heterocycles. The Morgan fingerprint density at radius 1 is 1.20 bits per heavy atom. The van der Waals surface area contributed by atoms with Crippen LogP contribution in [0.4, 0.5) is 4.39 Å². The van der Waals surface area contributed by atoms with E-state index in [0.29, 0.717) is 16.3 Å². The van der Waals surface area contributed by atoms with Gasteiger partial charge >= 0.3 is 0 Å². The van der Waals surface area contributed by atoms with Gasteiger partial charge in [0.25, 0.3) is 0 Å². The molecule has 0 bridgehead atoms. The fraction of sp³-hybridized carbons (Fsp3) is 0.125. The van der Waals surface area contributed by atoms with E-state index in [9.17, 15) is 4.39 Å². The van der Waals surface area contributed by atoms with Crippen molar-refractivity contribution in [3.63, 3.8) is 0 Å². The SMILES string of the molecule is NCC#Cc1cc(F)cc(OCc2ccccc2Cl)c1. The number of halogens is 2. The van der Waals surface area contributed by atoms with Crippen LogP contribution in [0.3, 0.4) is 0 Å². The van der Waals surface area contributed by atoms with Crippen LogP contribution in [-0.2, 0) is 6.61 Å². The van der Waals surface area contributed by atoms with Gasteiger partial charge in [0, 0.05) is 22.2 Å². The maximum absolute atomic E-state index is 13.5. The third-order valence-electron chi connectivity index (χ3n) is 2.56. The minimum Gasteiger partial charge on any atom is -0.489 e. The van der Waals surface area contributed by atoms with Crippen molar-refractivity contribution in [2.45, 2.75) is 6.61 Å². The maximum Gasteiger partial charge on any atom is 0.128 e. The number of hydrogen-bond donors (Lipinski definition) is 1. The van der Waals surface area contributed by atoms with Crippen LogP contribution in [-0.4, -0.2) is 6.54 Å². The molecule has 2 N–H and O–H groups in total. The fourth-order valence-electron chi connectivity index (χ4n) is 1.65. The van der Waals surface area contributed by atoms with Crippen LogP contribution in [0.1, 0.15) is 11.1 Å². The molecule has 2 rings (SSSR count). The van der Waals surface area contributed by atoms with Crippen molar-refractivity contribution in [1.82, 2.24) is 0 Å². The van der Waals surface area contributed by atoms with Crippen molar-refractivity contribution in [1.29, 1.82) is 0 Å². The Morgan fingerprint density at radius 3 is 2.75 bits per heavy atom. The van der Waals surface area contributed by atoms with E-state index in [2.05, 4.69) is 11.8 Å². The van der Waals surface area contributed by atoms with Gasteiger partial charge in [-0.3, -0.25) is 0 Å². The molecule has 0 saturated carbocycles. The number of rotatable bonds is 3. The molecule has 0 spiro atoms. The topological polar surface area (TPSA) is 35.2 Å². The van der Waals surface area contributed by atoms with Gasteiger partial charge in [0.15, 0.2) is 0 Å². The van der Waals surface area contributed by atoms with E-state index in [-0.39, 0.29) is 13.2 Å². The standard InChI is InChI=1S/C16H13ClFNO/c17-16-6-2-1-5-13(16)11-20-15-9-12(4-3-7-19)8-14(18)10-15/h1-2,5-6,8-10H,7,11,19H2. The molecule has 0 radical (unpaired) electrons. The Hall–Kier alpha value is -2.02. The number of ether oxygens (including phenoxy) is 1. The van der Waals surface area contributed by atoms with Gasteiger partial charge in [-0.2, -0.15) is 0 Å². The Bertz CT molecular complexity index is 661. The van der Waals surface area contributed by atoms with E-state index in [0.717, 1.165) is 5.56 Å². The van der Waals surface area contributed by atoms with Gasteiger partial charge in [-0.1, -0.05) is 41.6 Å². The zero-order valence-electron chi connectivity index (χ0n) is 10.7. The monoisotopic (exact) mass is 289 g/mol. The number of nitrogens with two attached hydrogens (primary N) is 1. The van der Waals surface area contributed by atoms with Gasteiger partial charge in [0.05, 0.1) is 6.54 Å². The van der Waals surface area contributed by atoms with E-state index in [4.69, 9.17) is 22.1 Å². The Morgan fingerprint density at radius 2 is 2.00 bits per heavy atom. The molecule has 4 heteroatoms. The first-order valence-electron chi connectivity index (χ1n) is 6.05. The number of benzene rings is 2. The summed E-state index contributed by atoms with van der Waals surface area (Å²) in [6, 6.07) is 11.7. The van der Waals surface area contributed by atoms with Crippen molar-refractivity contribution >= 4 is 11.6 Å². The summed E-state index contributed by atoms with van der Waals surface area (Å²) in [6.45, 7) is 0.499. The summed E-state index contributed by atoms with van der Waals surface area (Å²) in [4.78, 5) is 0. The summed E-state index contributed by atoms with van der Waals surface area (Å²) < 4.78 is 19.0. The predicted octanol–water partition coefficient (Wildman–Crippen LogP) is 3.37. The smallest absolute Gasteiger partial charge is 0.128 e. The second-order valence-electron chi connectivity index (χ2n) is 4.06. The van der Waals surface area contributed by atoms with E-state index in [1.165, 1.54) is 12.1 Å². The highest BCUT2D eigenvalue weighted by Gasteiger charge is 2.03. The molecule has 0 heterocycles.